The highest BCUT2D eigenvalue weighted by Crippen LogP contribution is 2.33. The Morgan fingerprint density at radius 1 is 1.38 bits per heavy atom. The summed E-state index contributed by atoms with van der Waals surface area (Å²) in [5.41, 5.74) is 4.28. The molecule has 1 aromatic carbocycles. The van der Waals surface area contributed by atoms with Gasteiger partial charge < -0.3 is 4.90 Å². The molecule has 0 N–H and O–H groups in total. The minimum atomic E-state index is 1.07. The van der Waals surface area contributed by atoms with Crippen LogP contribution in [0, 0.1) is 0 Å². The SMILES string of the molecule is CC=C1Cc2ccccc2N1CC. The lowest BCUT2D eigenvalue weighted by Crippen LogP contribution is -2.17. The summed E-state index contributed by atoms with van der Waals surface area (Å²) in [4.78, 5) is 2.38. The summed E-state index contributed by atoms with van der Waals surface area (Å²) >= 11 is 0. The molecular formula is C12H15N. The quantitative estimate of drug-likeness (QED) is 0.631. The number of rotatable bonds is 1. The summed E-state index contributed by atoms with van der Waals surface area (Å²) in [6.07, 6.45) is 3.31. The third-order valence-electron chi connectivity index (χ3n) is 2.65. The van der Waals surface area contributed by atoms with Gasteiger partial charge in [-0.25, -0.2) is 0 Å². The summed E-state index contributed by atoms with van der Waals surface area (Å²) in [7, 11) is 0. The molecule has 0 radical (unpaired) electrons. The highest BCUT2D eigenvalue weighted by atomic mass is 15.2. The molecule has 2 rings (SSSR count). The molecule has 68 valence electrons. The average molecular weight is 173 g/mol. The van der Waals surface area contributed by atoms with E-state index in [1.807, 2.05) is 0 Å². The Kier molecular flexibility index (Phi) is 2.09. The molecule has 1 heterocycles. The number of fused-ring (bicyclic) bond motifs is 1. The smallest absolute Gasteiger partial charge is 0.0444 e. The number of nitrogens with zero attached hydrogens (tertiary/aromatic N) is 1. The van der Waals surface area contributed by atoms with Gasteiger partial charge in [0.25, 0.3) is 0 Å². The molecule has 1 heteroatoms. The topological polar surface area (TPSA) is 3.24 Å². The molecule has 1 aliphatic rings. The van der Waals surface area contributed by atoms with Crippen molar-refractivity contribution >= 4 is 5.69 Å². The van der Waals surface area contributed by atoms with E-state index in [1.54, 1.807) is 0 Å². The van der Waals surface area contributed by atoms with Crippen molar-refractivity contribution in [3.63, 3.8) is 0 Å². The van der Waals surface area contributed by atoms with Crippen LogP contribution in [0.3, 0.4) is 0 Å². The van der Waals surface area contributed by atoms with Gasteiger partial charge in [0.1, 0.15) is 0 Å². The number of benzene rings is 1. The van der Waals surface area contributed by atoms with Gasteiger partial charge in [0.15, 0.2) is 0 Å². The van der Waals surface area contributed by atoms with Gasteiger partial charge in [0, 0.05) is 24.4 Å². The molecular weight excluding hydrogens is 158 g/mol. The summed E-state index contributed by atoms with van der Waals surface area (Å²) in [6.45, 7) is 5.38. The zero-order valence-corrected chi connectivity index (χ0v) is 8.25. The number of allylic oxidation sites excluding steroid dienone is 2. The average Bonchev–Trinajstić information content (AvgIpc) is 2.55. The molecule has 0 aromatic heterocycles. The van der Waals surface area contributed by atoms with Gasteiger partial charge in [-0.05, 0) is 25.5 Å². The molecule has 0 saturated heterocycles. The largest absolute Gasteiger partial charge is 0.345 e. The molecule has 0 fully saturated rings. The van der Waals surface area contributed by atoms with E-state index < -0.39 is 0 Å². The maximum Gasteiger partial charge on any atom is 0.0444 e. The molecule has 0 atom stereocenters. The zero-order chi connectivity index (χ0) is 9.26. The predicted octanol–water partition coefficient (Wildman–Crippen LogP) is 2.97. The first-order valence-electron chi connectivity index (χ1n) is 4.87. The monoisotopic (exact) mass is 173 g/mol. The second-order valence-electron chi connectivity index (χ2n) is 3.33. The molecule has 0 saturated carbocycles. The third kappa shape index (κ3) is 1.24. The van der Waals surface area contributed by atoms with Crippen molar-refractivity contribution in [1.82, 2.24) is 0 Å². The van der Waals surface area contributed by atoms with E-state index in [0.717, 1.165) is 13.0 Å². The van der Waals surface area contributed by atoms with E-state index in [2.05, 4.69) is 49.1 Å². The standard InChI is InChI=1S/C12H15N/c1-3-11-9-10-7-5-6-8-12(10)13(11)4-2/h3,5-8H,4,9H2,1-2H3. The summed E-state index contributed by atoms with van der Waals surface area (Å²) < 4.78 is 0. The molecule has 0 spiro atoms. The van der Waals surface area contributed by atoms with Crippen molar-refractivity contribution in [2.45, 2.75) is 20.3 Å². The fraction of sp³-hybridized carbons (Fsp3) is 0.333. The lowest BCUT2D eigenvalue weighted by molar-refractivity contribution is 0.963. The Morgan fingerprint density at radius 2 is 2.15 bits per heavy atom. The minimum absolute atomic E-state index is 1.07. The van der Waals surface area contributed by atoms with E-state index in [4.69, 9.17) is 0 Å². The van der Waals surface area contributed by atoms with Crippen molar-refractivity contribution in [2.75, 3.05) is 11.4 Å². The van der Waals surface area contributed by atoms with Crippen LogP contribution >= 0.6 is 0 Å². The van der Waals surface area contributed by atoms with E-state index in [9.17, 15) is 0 Å². The second-order valence-corrected chi connectivity index (χ2v) is 3.33. The third-order valence-corrected chi connectivity index (χ3v) is 2.65. The van der Waals surface area contributed by atoms with Crippen LogP contribution in [-0.4, -0.2) is 6.54 Å². The highest BCUT2D eigenvalue weighted by Gasteiger charge is 2.20. The van der Waals surface area contributed by atoms with E-state index in [-0.39, 0.29) is 0 Å². The predicted molar refractivity (Wildman–Crippen MR) is 56.9 cm³/mol. The number of anilines is 1. The Hall–Kier alpha value is -1.24. The van der Waals surface area contributed by atoms with Crippen LogP contribution < -0.4 is 4.90 Å². The van der Waals surface area contributed by atoms with E-state index in [1.165, 1.54) is 16.9 Å². The summed E-state index contributed by atoms with van der Waals surface area (Å²) in [5, 5.41) is 0. The van der Waals surface area contributed by atoms with Gasteiger partial charge in [-0.2, -0.15) is 0 Å². The molecule has 0 amide bonds. The molecule has 1 nitrogen and oxygen atoms in total. The van der Waals surface area contributed by atoms with Crippen LogP contribution in [0.1, 0.15) is 19.4 Å². The lowest BCUT2D eigenvalue weighted by atomic mass is 10.1. The van der Waals surface area contributed by atoms with Crippen molar-refractivity contribution in [1.29, 1.82) is 0 Å². The maximum absolute atomic E-state index is 2.38. The highest BCUT2D eigenvalue weighted by molar-refractivity contribution is 5.64. The number of likely N-dealkylation sites (N-methyl/N-ethyl adjacent to an activating group) is 1. The maximum atomic E-state index is 2.38. The van der Waals surface area contributed by atoms with Crippen molar-refractivity contribution in [3.8, 4) is 0 Å². The van der Waals surface area contributed by atoms with Crippen LogP contribution in [0.5, 0.6) is 0 Å². The van der Waals surface area contributed by atoms with E-state index in [0.29, 0.717) is 0 Å². The lowest BCUT2D eigenvalue weighted by Gasteiger charge is -2.18. The van der Waals surface area contributed by atoms with Crippen LogP contribution in [0.25, 0.3) is 0 Å². The molecule has 1 aromatic rings. The van der Waals surface area contributed by atoms with Crippen LogP contribution in [0.2, 0.25) is 0 Å². The zero-order valence-electron chi connectivity index (χ0n) is 8.25. The fourth-order valence-electron chi connectivity index (χ4n) is 2.00. The fourth-order valence-corrected chi connectivity index (χ4v) is 2.00. The summed E-state index contributed by atoms with van der Waals surface area (Å²) in [5.74, 6) is 0. The van der Waals surface area contributed by atoms with Gasteiger partial charge in [0.2, 0.25) is 0 Å². The van der Waals surface area contributed by atoms with E-state index >= 15 is 0 Å². The number of hydrogen-bond donors (Lipinski definition) is 0. The first kappa shape index (κ1) is 8.36. The number of para-hydroxylation sites is 1. The van der Waals surface area contributed by atoms with Crippen molar-refractivity contribution in [2.24, 2.45) is 0 Å². The van der Waals surface area contributed by atoms with Crippen LogP contribution in [-0.2, 0) is 6.42 Å². The van der Waals surface area contributed by atoms with Gasteiger partial charge in [-0.1, -0.05) is 24.3 Å². The molecule has 0 bridgehead atoms. The Balaban J connectivity index is 2.46. The first-order chi connectivity index (χ1) is 6.36. The summed E-state index contributed by atoms with van der Waals surface area (Å²) in [6, 6.07) is 8.65. The minimum Gasteiger partial charge on any atom is -0.345 e. The van der Waals surface area contributed by atoms with Crippen LogP contribution in [0.15, 0.2) is 36.0 Å². The molecule has 13 heavy (non-hydrogen) atoms. The van der Waals surface area contributed by atoms with Crippen molar-refractivity contribution in [3.05, 3.63) is 41.6 Å². The van der Waals surface area contributed by atoms with Gasteiger partial charge in [-0.3, -0.25) is 0 Å². The molecule has 0 aliphatic carbocycles. The van der Waals surface area contributed by atoms with Crippen molar-refractivity contribution < 1.29 is 0 Å². The van der Waals surface area contributed by atoms with Gasteiger partial charge >= 0.3 is 0 Å². The molecule has 1 aliphatic heterocycles. The van der Waals surface area contributed by atoms with Gasteiger partial charge in [-0.15, -0.1) is 0 Å². The van der Waals surface area contributed by atoms with Gasteiger partial charge in [0.05, 0.1) is 0 Å². The second kappa shape index (κ2) is 3.25. The van der Waals surface area contributed by atoms with Crippen LogP contribution in [0.4, 0.5) is 5.69 Å². The normalized spacial score (nSPS) is 18.0. The molecule has 0 unspecified atom stereocenters. The Bertz CT molecular complexity index is 339. The number of hydrogen-bond acceptors (Lipinski definition) is 1. The Labute approximate surface area is 79.7 Å². The first-order valence-corrected chi connectivity index (χ1v) is 4.87. The Morgan fingerprint density at radius 3 is 2.85 bits per heavy atom.